The van der Waals surface area contributed by atoms with Crippen LogP contribution in [0, 0.1) is 11.7 Å². The van der Waals surface area contributed by atoms with Gasteiger partial charge in [0.1, 0.15) is 11.5 Å². The van der Waals surface area contributed by atoms with Crippen molar-refractivity contribution in [1.29, 1.82) is 0 Å². The average Bonchev–Trinajstić information content (AvgIpc) is 3.17. The predicted molar refractivity (Wildman–Crippen MR) is 77.6 cm³/mol. The van der Waals surface area contributed by atoms with Crippen molar-refractivity contribution in [3.05, 3.63) is 48.0 Å². The zero-order chi connectivity index (χ0) is 14.7. The van der Waals surface area contributed by atoms with Gasteiger partial charge in [-0.3, -0.25) is 9.89 Å². The van der Waals surface area contributed by atoms with E-state index in [1.54, 1.807) is 24.4 Å². The fourth-order valence-corrected chi connectivity index (χ4v) is 2.60. The summed E-state index contributed by atoms with van der Waals surface area (Å²) in [5.74, 6) is 0.0518. The molecule has 0 bridgehead atoms. The van der Waals surface area contributed by atoms with Gasteiger partial charge in [0.25, 0.3) is 5.91 Å². The molecule has 0 spiro atoms. The summed E-state index contributed by atoms with van der Waals surface area (Å²) in [6.07, 6.45) is 2.57. The Morgan fingerprint density at radius 1 is 1.38 bits per heavy atom. The lowest BCUT2D eigenvalue weighted by Crippen LogP contribution is -2.31. The van der Waals surface area contributed by atoms with Crippen LogP contribution in [0.5, 0.6) is 0 Å². The number of nitrogens with zero attached hydrogens (tertiary/aromatic N) is 2. The molecule has 1 aromatic heterocycles. The first-order valence-corrected chi connectivity index (χ1v) is 7.00. The quantitative estimate of drug-likeness (QED) is 0.902. The Morgan fingerprint density at radius 3 is 2.90 bits per heavy atom. The number of hydrogen-bond acceptors (Lipinski definition) is 3. The second-order valence-electron chi connectivity index (χ2n) is 5.26. The summed E-state index contributed by atoms with van der Waals surface area (Å²) < 4.78 is 12.9. The molecule has 3 rings (SSSR count). The number of benzene rings is 1. The lowest BCUT2D eigenvalue weighted by Gasteiger charge is -2.18. The van der Waals surface area contributed by atoms with Gasteiger partial charge < -0.3 is 10.2 Å². The summed E-state index contributed by atoms with van der Waals surface area (Å²) in [6, 6.07) is 8.18. The van der Waals surface area contributed by atoms with Crippen LogP contribution in [0.25, 0.3) is 0 Å². The molecule has 2 N–H and O–H groups in total. The summed E-state index contributed by atoms with van der Waals surface area (Å²) in [5.41, 5.74) is 1.50. The topological polar surface area (TPSA) is 61.0 Å². The normalized spacial score (nSPS) is 18.0. The SMILES string of the molecule is O=C(NC[C@H]1CCN(c2ccc(F)cc2)C1)c1ccn[nH]1. The minimum absolute atomic E-state index is 0.132. The molecule has 1 fully saturated rings. The highest BCUT2D eigenvalue weighted by atomic mass is 19.1. The molecule has 1 aromatic carbocycles. The molecule has 110 valence electrons. The minimum atomic E-state index is -0.221. The zero-order valence-corrected chi connectivity index (χ0v) is 11.6. The van der Waals surface area contributed by atoms with Crippen LogP contribution in [0.3, 0.4) is 0 Å². The van der Waals surface area contributed by atoms with E-state index < -0.39 is 0 Å². The molecule has 0 saturated carbocycles. The van der Waals surface area contributed by atoms with Crippen molar-refractivity contribution in [3.8, 4) is 0 Å². The number of amides is 1. The van der Waals surface area contributed by atoms with Gasteiger partial charge >= 0.3 is 0 Å². The monoisotopic (exact) mass is 288 g/mol. The van der Waals surface area contributed by atoms with E-state index in [1.807, 2.05) is 0 Å². The third-order valence-corrected chi connectivity index (χ3v) is 3.77. The van der Waals surface area contributed by atoms with Crippen LogP contribution in [-0.4, -0.2) is 35.7 Å². The number of carbonyl (C=O) groups excluding carboxylic acids is 1. The van der Waals surface area contributed by atoms with Gasteiger partial charge in [-0.25, -0.2) is 4.39 Å². The molecule has 1 atom stereocenters. The summed E-state index contributed by atoms with van der Waals surface area (Å²) in [5, 5.41) is 9.31. The Balaban J connectivity index is 1.51. The van der Waals surface area contributed by atoms with Crippen LogP contribution in [0.4, 0.5) is 10.1 Å². The Morgan fingerprint density at radius 2 is 2.19 bits per heavy atom. The molecule has 21 heavy (non-hydrogen) atoms. The van der Waals surface area contributed by atoms with Gasteiger partial charge in [0, 0.05) is 31.5 Å². The van der Waals surface area contributed by atoms with E-state index in [2.05, 4.69) is 20.4 Å². The maximum absolute atomic E-state index is 12.9. The maximum Gasteiger partial charge on any atom is 0.269 e. The zero-order valence-electron chi connectivity index (χ0n) is 11.6. The van der Waals surface area contributed by atoms with Gasteiger partial charge in [-0.05, 0) is 42.7 Å². The molecule has 2 aromatic rings. The number of aromatic amines is 1. The van der Waals surface area contributed by atoms with Crippen molar-refractivity contribution in [2.45, 2.75) is 6.42 Å². The Hall–Kier alpha value is -2.37. The van der Waals surface area contributed by atoms with Gasteiger partial charge in [-0.1, -0.05) is 0 Å². The second kappa shape index (κ2) is 5.95. The third-order valence-electron chi connectivity index (χ3n) is 3.77. The Labute approximate surface area is 122 Å². The van der Waals surface area contributed by atoms with Crippen molar-refractivity contribution in [2.24, 2.45) is 5.92 Å². The number of hydrogen-bond donors (Lipinski definition) is 2. The largest absolute Gasteiger partial charge is 0.371 e. The van der Waals surface area contributed by atoms with E-state index in [0.717, 1.165) is 25.2 Å². The molecular formula is C15H17FN4O. The molecule has 0 unspecified atom stereocenters. The first-order chi connectivity index (χ1) is 10.2. The van der Waals surface area contributed by atoms with Crippen molar-refractivity contribution in [1.82, 2.24) is 15.5 Å². The molecule has 1 aliphatic heterocycles. The summed E-state index contributed by atoms with van der Waals surface area (Å²) in [6.45, 7) is 2.43. The standard InChI is InChI=1S/C15H17FN4O/c16-12-1-3-13(4-2-12)20-8-6-11(10-20)9-17-15(21)14-5-7-18-19-14/h1-5,7,11H,6,8-10H2,(H,17,21)(H,18,19)/t11-/m1/s1. The highest BCUT2D eigenvalue weighted by Gasteiger charge is 2.23. The number of rotatable bonds is 4. The molecule has 1 aliphatic rings. The number of anilines is 1. The number of nitrogens with one attached hydrogen (secondary N) is 2. The number of halogens is 1. The van der Waals surface area contributed by atoms with E-state index in [4.69, 9.17) is 0 Å². The molecule has 1 saturated heterocycles. The first kappa shape index (κ1) is 13.6. The van der Waals surface area contributed by atoms with Crippen LogP contribution >= 0.6 is 0 Å². The van der Waals surface area contributed by atoms with Crippen LogP contribution in [0.1, 0.15) is 16.9 Å². The molecule has 0 aliphatic carbocycles. The second-order valence-corrected chi connectivity index (χ2v) is 5.26. The van der Waals surface area contributed by atoms with Crippen molar-refractivity contribution in [2.75, 3.05) is 24.5 Å². The van der Waals surface area contributed by atoms with Crippen LogP contribution in [0.2, 0.25) is 0 Å². The van der Waals surface area contributed by atoms with Crippen molar-refractivity contribution in [3.63, 3.8) is 0 Å². The van der Waals surface area contributed by atoms with Crippen molar-refractivity contribution >= 4 is 11.6 Å². The van der Waals surface area contributed by atoms with E-state index in [-0.39, 0.29) is 11.7 Å². The van der Waals surface area contributed by atoms with Crippen LogP contribution < -0.4 is 10.2 Å². The molecule has 2 heterocycles. The fourth-order valence-electron chi connectivity index (χ4n) is 2.60. The lowest BCUT2D eigenvalue weighted by molar-refractivity contribution is 0.0943. The molecule has 6 heteroatoms. The first-order valence-electron chi connectivity index (χ1n) is 7.00. The predicted octanol–water partition coefficient (Wildman–Crippen LogP) is 1.81. The number of aromatic nitrogens is 2. The van der Waals surface area contributed by atoms with Gasteiger partial charge in [0.15, 0.2) is 0 Å². The van der Waals surface area contributed by atoms with E-state index in [0.29, 0.717) is 18.2 Å². The summed E-state index contributed by atoms with van der Waals surface area (Å²) in [7, 11) is 0. The smallest absolute Gasteiger partial charge is 0.269 e. The lowest BCUT2D eigenvalue weighted by atomic mass is 10.1. The fraction of sp³-hybridized carbons (Fsp3) is 0.333. The van der Waals surface area contributed by atoms with Crippen LogP contribution in [-0.2, 0) is 0 Å². The maximum atomic E-state index is 12.9. The Kier molecular flexibility index (Phi) is 3.85. The summed E-state index contributed by atoms with van der Waals surface area (Å²) in [4.78, 5) is 14.0. The molecule has 1 amide bonds. The summed E-state index contributed by atoms with van der Waals surface area (Å²) >= 11 is 0. The average molecular weight is 288 g/mol. The minimum Gasteiger partial charge on any atom is -0.371 e. The third kappa shape index (κ3) is 3.21. The van der Waals surface area contributed by atoms with E-state index in [9.17, 15) is 9.18 Å². The Bertz CT molecular complexity index is 597. The molecule has 0 radical (unpaired) electrons. The van der Waals surface area contributed by atoms with Crippen molar-refractivity contribution < 1.29 is 9.18 Å². The van der Waals surface area contributed by atoms with E-state index >= 15 is 0 Å². The number of H-pyrrole nitrogens is 1. The van der Waals surface area contributed by atoms with E-state index in [1.165, 1.54) is 12.1 Å². The highest BCUT2D eigenvalue weighted by molar-refractivity contribution is 5.92. The molecular weight excluding hydrogens is 271 g/mol. The number of carbonyl (C=O) groups is 1. The molecule has 5 nitrogen and oxygen atoms in total. The van der Waals surface area contributed by atoms with Gasteiger partial charge in [-0.2, -0.15) is 5.10 Å². The van der Waals surface area contributed by atoms with Crippen LogP contribution in [0.15, 0.2) is 36.5 Å². The van der Waals surface area contributed by atoms with Gasteiger partial charge in [0.05, 0.1) is 0 Å². The van der Waals surface area contributed by atoms with Gasteiger partial charge in [-0.15, -0.1) is 0 Å². The highest BCUT2D eigenvalue weighted by Crippen LogP contribution is 2.23. The van der Waals surface area contributed by atoms with Gasteiger partial charge in [0.2, 0.25) is 0 Å².